The van der Waals surface area contributed by atoms with Crippen LogP contribution in [0.25, 0.3) is 33.4 Å². The largest absolute Gasteiger partial charge is 0.0619 e. The van der Waals surface area contributed by atoms with Crippen molar-refractivity contribution < 1.29 is 0 Å². The van der Waals surface area contributed by atoms with Gasteiger partial charge in [-0.1, -0.05) is 156 Å². The van der Waals surface area contributed by atoms with Crippen LogP contribution in [0, 0.1) is 0 Å². The van der Waals surface area contributed by atoms with E-state index < -0.39 is 0 Å². The predicted molar refractivity (Wildman–Crippen MR) is 178 cm³/mol. The molecule has 4 aromatic rings. The van der Waals surface area contributed by atoms with Gasteiger partial charge in [0.1, 0.15) is 0 Å². The maximum absolute atomic E-state index is 2.49. The number of hydrogen-bond donors (Lipinski definition) is 0. The average molecular weight is 531 g/mol. The van der Waals surface area contributed by atoms with Crippen molar-refractivity contribution in [3.05, 3.63) is 107 Å². The Morgan fingerprint density at radius 3 is 0.950 bits per heavy atom. The molecular formula is C40H50. The Labute approximate surface area is 244 Å². The van der Waals surface area contributed by atoms with Crippen molar-refractivity contribution in [2.75, 3.05) is 0 Å². The molecule has 0 aliphatic heterocycles. The minimum atomic E-state index is -0.00106. The van der Waals surface area contributed by atoms with Crippen molar-refractivity contribution in [1.82, 2.24) is 0 Å². The molecule has 0 unspecified atom stereocenters. The van der Waals surface area contributed by atoms with E-state index in [4.69, 9.17) is 0 Å². The summed E-state index contributed by atoms with van der Waals surface area (Å²) in [6.07, 6.45) is 0. The molecule has 0 saturated carbocycles. The Morgan fingerprint density at radius 2 is 0.625 bits per heavy atom. The smallest absolute Gasteiger partial charge is 0.00234 e. The Hall–Kier alpha value is -3.12. The lowest BCUT2D eigenvalue weighted by molar-refractivity contribution is 0.587. The molecule has 4 aromatic carbocycles. The molecule has 4 rings (SSSR count). The maximum Gasteiger partial charge on any atom is -0.00234 e. The summed E-state index contributed by atoms with van der Waals surface area (Å²) < 4.78 is 0. The summed E-state index contributed by atoms with van der Waals surface area (Å²) in [5.41, 5.74) is 13.5. The highest BCUT2D eigenvalue weighted by Gasteiger charge is 2.29. The molecule has 0 bridgehead atoms. The molecule has 0 spiro atoms. The molecule has 0 heteroatoms. The van der Waals surface area contributed by atoms with Crippen molar-refractivity contribution >= 4 is 0 Å². The third kappa shape index (κ3) is 5.97. The first-order chi connectivity index (χ1) is 18.4. The van der Waals surface area contributed by atoms with Crippen LogP contribution in [0.5, 0.6) is 0 Å². The van der Waals surface area contributed by atoms with Gasteiger partial charge < -0.3 is 0 Å². The van der Waals surface area contributed by atoms with E-state index in [9.17, 15) is 0 Å². The lowest BCUT2D eigenvalue weighted by Crippen LogP contribution is -2.17. The lowest BCUT2D eigenvalue weighted by Gasteiger charge is -2.32. The van der Waals surface area contributed by atoms with Gasteiger partial charge in [0.2, 0.25) is 0 Å². The van der Waals surface area contributed by atoms with E-state index >= 15 is 0 Å². The summed E-state index contributed by atoms with van der Waals surface area (Å²) in [5.74, 6) is 0. The van der Waals surface area contributed by atoms with Gasteiger partial charge in [0.25, 0.3) is 0 Å². The quantitative estimate of drug-likeness (QED) is 0.247. The highest BCUT2D eigenvalue weighted by Crippen LogP contribution is 2.49. The van der Waals surface area contributed by atoms with Crippen molar-refractivity contribution in [3.63, 3.8) is 0 Å². The van der Waals surface area contributed by atoms with Crippen LogP contribution in [-0.4, -0.2) is 0 Å². The first-order valence-electron chi connectivity index (χ1n) is 14.9. The van der Waals surface area contributed by atoms with Gasteiger partial charge in [0.15, 0.2) is 0 Å². The van der Waals surface area contributed by atoms with Crippen molar-refractivity contribution in [1.29, 1.82) is 0 Å². The van der Waals surface area contributed by atoms with Gasteiger partial charge in [0, 0.05) is 0 Å². The zero-order valence-electron chi connectivity index (χ0n) is 27.1. The van der Waals surface area contributed by atoms with E-state index in [1.807, 2.05) is 0 Å². The van der Waals surface area contributed by atoms with Crippen molar-refractivity contribution in [2.24, 2.45) is 0 Å². The maximum atomic E-state index is 2.49. The monoisotopic (exact) mass is 530 g/mol. The van der Waals surface area contributed by atoms with E-state index in [2.05, 4.69) is 168 Å². The Balaban J connectivity index is 2.31. The van der Waals surface area contributed by atoms with Crippen LogP contribution in [0.4, 0.5) is 0 Å². The number of benzene rings is 4. The highest BCUT2D eigenvalue weighted by atomic mass is 14.3. The summed E-state index contributed by atoms with van der Waals surface area (Å²) >= 11 is 0. The fourth-order valence-corrected chi connectivity index (χ4v) is 5.89. The van der Waals surface area contributed by atoms with E-state index in [1.54, 1.807) is 0 Å². The van der Waals surface area contributed by atoms with Crippen LogP contribution >= 0.6 is 0 Å². The zero-order valence-corrected chi connectivity index (χ0v) is 27.1. The van der Waals surface area contributed by atoms with Crippen LogP contribution in [0.3, 0.4) is 0 Å². The third-order valence-electron chi connectivity index (χ3n) is 8.06. The van der Waals surface area contributed by atoms with Crippen molar-refractivity contribution in [3.8, 4) is 33.4 Å². The molecule has 0 aliphatic rings. The molecule has 0 nitrogen and oxygen atoms in total. The van der Waals surface area contributed by atoms with Gasteiger partial charge in [0.05, 0.1) is 0 Å². The van der Waals surface area contributed by atoms with E-state index in [-0.39, 0.29) is 21.7 Å². The molecule has 0 heterocycles. The first-order valence-corrected chi connectivity index (χ1v) is 14.9. The van der Waals surface area contributed by atoms with Crippen LogP contribution in [0.1, 0.15) is 105 Å². The summed E-state index contributed by atoms with van der Waals surface area (Å²) in [6.45, 7) is 28.0. The molecule has 0 radical (unpaired) electrons. The summed E-state index contributed by atoms with van der Waals surface area (Å²) in [5, 5.41) is 0. The fraction of sp³-hybridized carbons (Fsp3) is 0.400. The average Bonchev–Trinajstić information content (AvgIpc) is 2.86. The van der Waals surface area contributed by atoms with Crippen molar-refractivity contribution in [2.45, 2.75) is 105 Å². The second kappa shape index (κ2) is 10.4. The summed E-state index contributed by atoms with van der Waals surface area (Å²) in [4.78, 5) is 0. The van der Waals surface area contributed by atoms with Gasteiger partial charge in [-0.25, -0.2) is 0 Å². The molecule has 0 atom stereocenters. The van der Waals surface area contributed by atoms with Crippen LogP contribution in [0.2, 0.25) is 0 Å². The molecule has 0 aromatic heterocycles. The predicted octanol–water partition coefficient (Wildman–Crippen LogP) is 11.9. The van der Waals surface area contributed by atoms with Gasteiger partial charge in [-0.05, 0) is 89.4 Å². The lowest BCUT2D eigenvalue weighted by atomic mass is 9.72. The molecule has 0 aliphatic carbocycles. The summed E-state index contributed by atoms with van der Waals surface area (Å²) in [6, 6.07) is 32.2. The molecule has 210 valence electrons. The Kier molecular flexibility index (Phi) is 7.74. The topological polar surface area (TPSA) is 0 Å². The second-order valence-electron chi connectivity index (χ2n) is 15.6. The van der Waals surface area contributed by atoms with E-state index in [0.29, 0.717) is 0 Å². The molecule has 0 fully saturated rings. The van der Waals surface area contributed by atoms with Gasteiger partial charge in [-0.3, -0.25) is 0 Å². The first kappa shape index (κ1) is 29.9. The third-order valence-corrected chi connectivity index (χ3v) is 8.06. The van der Waals surface area contributed by atoms with E-state index in [1.165, 1.54) is 55.6 Å². The molecule has 0 amide bonds. The summed E-state index contributed by atoms with van der Waals surface area (Å²) in [7, 11) is 0. The van der Waals surface area contributed by atoms with E-state index in [0.717, 1.165) is 0 Å². The van der Waals surface area contributed by atoms with Crippen LogP contribution in [0.15, 0.2) is 84.9 Å². The molecule has 0 N–H and O–H groups in total. The Bertz CT molecular complexity index is 1420. The number of hydrogen-bond acceptors (Lipinski definition) is 0. The molecule has 0 saturated heterocycles. The van der Waals surface area contributed by atoms with Gasteiger partial charge in [-0.2, -0.15) is 0 Å². The number of rotatable bonds is 3. The fourth-order valence-electron chi connectivity index (χ4n) is 5.89. The van der Waals surface area contributed by atoms with Crippen LogP contribution < -0.4 is 0 Å². The second-order valence-corrected chi connectivity index (χ2v) is 15.6. The van der Waals surface area contributed by atoms with Gasteiger partial charge >= 0.3 is 0 Å². The normalized spacial score (nSPS) is 13.0. The molecule has 40 heavy (non-hydrogen) atoms. The van der Waals surface area contributed by atoms with Crippen LogP contribution in [-0.2, 0) is 21.7 Å². The standard InChI is InChI=1S/C40H50/c1-37(2,3)27-25-31(28-19-13-16-22-33(28)38(4,5)6)36(30-21-15-18-24-35(30)40(10,11)12)32(26-27)29-20-14-17-23-34(29)39(7,8)9/h13-26H,1-12H3. The minimum Gasteiger partial charge on any atom is -0.0619 e. The SMILES string of the molecule is CC(C)(C)c1cc(-c2ccccc2C(C)(C)C)c(-c2ccccc2C(C)(C)C)c(-c2ccccc2C(C)(C)C)c1. The molecular weight excluding hydrogens is 480 g/mol. The zero-order chi connectivity index (χ0) is 29.7. The highest BCUT2D eigenvalue weighted by molar-refractivity contribution is 5.98. The minimum absolute atomic E-state index is 0.000915. The Morgan fingerprint density at radius 1 is 0.325 bits per heavy atom. The van der Waals surface area contributed by atoms with Gasteiger partial charge in [-0.15, -0.1) is 0 Å².